The third kappa shape index (κ3) is 47.2. The lowest BCUT2D eigenvalue weighted by Gasteiger charge is -2.27. The molecule has 1 unspecified atom stereocenters. The van der Waals surface area contributed by atoms with Crippen LogP contribution in [0.5, 0.6) is 0 Å². The number of unbranched alkanes of at least 4 members (excludes halogenated alkanes) is 26. The Labute approximate surface area is 568 Å². The maximum Gasteiger partial charge on any atom is 0.328 e. The summed E-state index contributed by atoms with van der Waals surface area (Å²) in [5, 5.41) is 42.8. The van der Waals surface area contributed by atoms with Crippen molar-refractivity contribution in [2.45, 2.75) is 269 Å². The normalized spacial score (nSPS) is 13.9. The van der Waals surface area contributed by atoms with Crippen LogP contribution in [0.25, 0.3) is 0 Å². The van der Waals surface area contributed by atoms with Crippen molar-refractivity contribution in [2.75, 3.05) is 85.6 Å². The minimum atomic E-state index is -1.82. The molecule has 0 aromatic heterocycles. The van der Waals surface area contributed by atoms with Gasteiger partial charge in [0, 0.05) is 19.5 Å². The van der Waals surface area contributed by atoms with Gasteiger partial charge in [0.1, 0.15) is 43.4 Å². The summed E-state index contributed by atoms with van der Waals surface area (Å²) in [6, 6.07) is -7.08. The first kappa shape index (κ1) is 87.3. The largest absolute Gasteiger partial charge is 0.481 e. The van der Waals surface area contributed by atoms with Crippen molar-refractivity contribution < 1.29 is 91.7 Å². The topological polar surface area (TPSA) is 434 Å². The molecule has 5 atom stereocenters. The minimum Gasteiger partial charge on any atom is -0.481 e. The molecule has 0 spiro atoms. The van der Waals surface area contributed by atoms with Crippen molar-refractivity contribution in [3.05, 3.63) is 0 Å². The van der Waals surface area contributed by atoms with Crippen LogP contribution >= 0.6 is 0 Å². The standard InChI is InChI=1S/C67H120N10O19/c1-3-5-7-9-11-13-15-17-19-21-23-25-27-29-39-95-61(85)36-35-52(66(91)96-40-30-28-26-24-22-20-18-16-14-12-10-8-6-4-2)74-59(82)50-94-44-42-92-41-43-93-49-58(81)71-46-56(79)73-51(33-31-37-70-67(68)69)62(86)72-47-57(80)75-53(45-60(83)84)63(87)76-54(48-78)64(88)77-38-32-34-55(77)65(89)90/h51-55,78H,3-50H2,1-2H3,(H,71,81)(H,72,86)(H,73,79)(H,74,82)(H,75,80)(H,76,87)(H,83,84)(H,89,90)(H4,68,69,70)/t51-,52?,53-,54-,55-/m0/s1. The van der Waals surface area contributed by atoms with Gasteiger partial charge in [-0.25, -0.2) is 9.59 Å². The lowest BCUT2D eigenvalue weighted by Crippen LogP contribution is -2.58. The molecule has 1 aliphatic heterocycles. The molecule has 0 aromatic rings. The van der Waals surface area contributed by atoms with Crippen molar-refractivity contribution in [1.82, 2.24) is 36.8 Å². The summed E-state index contributed by atoms with van der Waals surface area (Å²) in [6.07, 6.45) is 33.2. The van der Waals surface area contributed by atoms with E-state index in [4.69, 9.17) is 35.2 Å². The molecule has 0 bridgehead atoms. The van der Waals surface area contributed by atoms with Gasteiger partial charge in [-0.2, -0.15) is 0 Å². The number of hydrogen-bond acceptors (Lipinski definition) is 18. The Morgan fingerprint density at radius 2 is 0.948 bits per heavy atom. The van der Waals surface area contributed by atoms with Gasteiger partial charge in [-0.05, 0) is 44.9 Å². The number of hydrogen-bond donors (Lipinski definition) is 11. The van der Waals surface area contributed by atoms with Crippen molar-refractivity contribution in [3.8, 4) is 0 Å². The van der Waals surface area contributed by atoms with Crippen molar-refractivity contribution in [3.63, 3.8) is 0 Å². The van der Waals surface area contributed by atoms with E-state index in [2.05, 4.69) is 50.7 Å². The predicted octanol–water partition coefficient (Wildman–Crippen LogP) is 4.63. The lowest BCUT2D eigenvalue weighted by molar-refractivity contribution is -0.150. The Balaban J connectivity index is 2.57. The predicted molar refractivity (Wildman–Crippen MR) is 360 cm³/mol. The highest BCUT2D eigenvalue weighted by atomic mass is 16.6. The van der Waals surface area contributed by atoms with E-state index < -0.39 is 135 Å². The number of aliphatic imine (C=N–C) groups is 1. The zero-order valence-electron chi connectivity index (χ0n) is 57.8. The van der Waals surface area contributed by atoms with Gasteiger partial charge in [0.15, 0.2) is 5.96 Å². The third-order valence-electron chi connectivity index (χ3n) is 16.1. The number of aliphatic carboxylic acids is 2. The number of guanidine groups is 1. The highest BCUT2D eigenvalue weighted by Crippen LogP contribution is 2.20. The summed E-state index contributed by atoms with van der Waals surface area (Å²) in [4.78, 5) is 145. The highest BCUT2D eigenvalue weighted by molar-refractivity contribution is 5.97. The summed E-state index contributed by atoms with van der Waals surface area (Å²) in [6.45, 7) is 1.77. The summed E-state index contributed by atoms with van der Waals surface area (Å²) in [5.74, 6) is -10.3. The quantitative estimate of drug-likeness (QED) is 0.0171. The average molecular weight is 1370 g/mol. The maximum atomic E-state index is 13.3. The number of carbonyl (C=O) groups is 11. The second-order valence-electron chi connectivity index (χ2n) is 24.5. The number of aliphatic hydroxyl groups is 1. The summed E-state index contributed by atoms with van der Waals surface area (Å²) < 4.78 is 27.3. The van der Waals surface area contributed by atoms with Gasteiger partial charge >= 0.3 is 23.9 Å². The van der Waals surface area contributed by atoms with Crippen molar-refractivity contribution in [2.24, 2.45) is 16.5 Å². The molecule has 1 saturated heterocycles. The fourth-order valence-corrected chi connectivity index (χ4v) is 10.7. The SMILES string of the molecule is CCCCCCCCCCCCCCCCOC(=O)CCC(NC(=O)COCCOCCOCC(=O)NCC(=O)N[C@@H](CCCN=C(N)N)C(=O)NCC(=O)N[C@@H](CC(=O)O)C(=O)N[C@@H](CO)C(=O)N1CCC[C@H]1C(=O)O)C(=O)OCCCCCCCCCCCCCCCC. The fraction of sp³-hybridized carbons (Fsp3) is 0.821. The molecule has 0 radical (unpaired) electrons. The molecule has 1 fully saturated rings. The highest BCUT2D eigenvalue weighted by Gasteiger charge is 2.38. The number of amides is 7. The molecular weight excluding hydrogens is 1250 g/mol. The Kier molecular flexibility index (Phi) is 53.1. The van der Waals surface area contributed by atoms with E-state index in [-0.39, 0.29) is 84.2 Å². The van der Waals surface area contributed by atoms with Crippen molar-refractivity contribution >= 4 is 71.2 Å². The first-order valence-corrected chi connectivity index (χ1v) is 35.5. The Morgan fingerprint density at radius 3 is 1.44 bits per heavy atom. The summed E-state index contributed by atoms with van der Waals surface area (Å²) >= 11 is 0. The zero-order chi connectivity index (χ0) is 70.8. The molecule has 1 heterocycles. The number of rotatable bonds is 63. The van der Waals surface area contributed by atoms with Gasteiger partial charge in [0.2, 0.25) is 41.4 Å². The van der Waals surface area contributed by atoms with Crippen LogP contribution in [0, 0.1) is 0 Å². The molecule has 1 rings (SSSR count). The van der Waals surface area contributed by atoms with Crippen LogP contribution in [-0.2, 0) is 76.4 Å². The van der Waals surface area contributed by atoms with E-state index in [0.29, 0.717) is 19.4 Å². The van der Waals surface area contributed by atoms with E-state index in [9.17, 15) is 68.1 Å². The van der Waals surface area contributed by atoms with Gasteiger partial charge in [0.05, 0.1) is 65.8 Å². The molecular formula is C67H120N10O19. The number of carboxylic acid groups (broad SMARTS) is 2. The van der Waals surface area contributed by atoms with Crippen LogP contribution in [0.4, 0.5) is 0 Å². The molecule has 13 N–H and O–H groups in total. The average Bonchev–Trinajstić information content (AvgIpc) is 1.73. The third-order valence-corrected chi connectivity index (χ3v) is 16.1. The first-order valence-electron chi connectivity index (χ1n) is 35.5. The van der Waals surface area contributed by atoms with Gasteiger partial charge in [-0.3, -0.25) is 48.1 Å². The van der Waals surface area contributed by atoms with E-state index in [0.717, 1.165) is 43.4 Å². The Bertz CT molecular complexity index is 2240. The summed E-state index contributed by atoms with van der Waals surface area (Å²) in [5.41, 5.74) is 10.8. The lowest BCUT2D eigenvalue weighted by atomic mass is 10.0. The molecule has 29 heteroatoms. The van der Waals surface area contributed by atoms with Crippen LogP contribution < -0.4 is 43.4 Å². The number of aliphatic hydroxyl groups excluding tert-OH is 1. The van der Waals surface area contributed by atoms with E-state index in [1.165, 1.54) is 135 Å². The fourth-order valence-electron chi connectivity index (χ4n) is 10.7. The zero-order valence-corrected chi connectivity index (χ0v) is 57.8. The van der Waals surface area contributed by atoms with Crippen LogP contribution in [0.1, 0.15) is 239 Å². The smallest absolute Gasteiger partial charge is 0.328 e. The van der Waals surface area contributed by atoms with Crippen molar-refractivity contribution in [1.29, 1.82) is 0 Å². The van der Waals surface area contributed by atoms with Gasteiger partial charge in [-0.15, -0.1) is 0 Å². The molecule has 96 heavy (non-hydrogen) atoms. The number of carboxylic acids is 2. The number of nitrogens with one attached hydrogen (secondary N) is 6. The monoisotopic (exact) mass is 1370 g/mol. The van der Waals surface area contributed by atoms with Gasteiger partial charge in [0.25, 0.3) is 0 Å². The van der Waals surface area contributed by atoms with Crippen LogP contribution in [0.3, 0.4) is 0 Å². The number of carbonyl (C=O) groups excluding carboxylic acids is 9. The maximum absolute atomic E-state index is 13.3. The second-order valence-corrected chi connectivity index (χ2v) is 24.5. The Hall–Kier alpha value is -6.72. The molecule has 0 saturated carbocycles. The number of nitrogens with two attached hydrogens (primary N) is 2. The van der Waals surface area contributed by atoms with Gasteiger partial charge in [-0.1, -0.05) is 181 Å². The first-order chi connectivity index (χ1) is 46.3. The Morgan fingerprint density at radius 1 is 0.490 bits per heavy atom. The van der Waals surface area contributed by atoms with E-state index in [1.807, 2.05) is 0 Å². The molecule has 7 amide bonds. The summed E-state index contributed by atoms with van der Waals surface area (Å²) in [7, 11) is 0. The number of likely N-dealkylation sites (tertiary alicyclic amines) is 1. The molecule has 29 nitrogen and oxygen atoms in total. The number of esters is 2. The molecule has 0 aliphatic carbocycles. The minimum absolute atomic E-state index is 0.00153. The van der Waals surface area contributed by atoms with E-state index in [1.54, 1.807) is 0 Å². The molecule has 0 aromatic carbocycles. The molecule has 1 aliphatic rings. The van der Waals surface area contributed by atoms with Crippen LogP contribution in [0.2, 0.25) is 0 Å². The van der Waals surface area contributed by atoms with Gasteiger partial charge < -0.3 is 87.3 Å². The number of ether oxygens (including phenoxy) is 5. The van der Waals surface area contributed by atoms with Crippen LogP contribution in [-0.4, -0.2) is 207 Å². The van der Waals surface area contributed by atoms with E-state index >= 15 is 0 Å². The van der Waals surface area contributed by atoms with Crippen LogP contribution in [0.15, 0.2) is 4.99 Å². The second kappa shape index (κ2) is 58.4. The number of nitrogens with zero attached hydrogens (tertiary/aromatic N) is 2. The molecule has 552 valence electrons.